The van der Waals surface area contributed by atoms with Crippen LogP contribution in [0.3, 0.4) is 0 Å². The topological polar surface area (TPSA) is 50.4 Å². The zero-order valence-electron chi connectivity index (χ0n) is 14.0. The quantitative estimate of drug-likeness (QED) is 0.876. The molecule has 1 amide bonds. The van der Waals surface area contributed by atoms with Crippen LogP contribution in [0.25, 0.3) is 0 Å². The van der Waals surface area contributed by atoms with Crippen LogP contribution in [0, 0.1) is 0 Å². The van der Waals surface area contributed by atoms with E-state index in [1.807, 2.05) is 38.1 Å². The normalized spacial score (nSPS) is 19.3. The van der Waals surface area contributed by atoms with Crippen LogP contribution in [-0.4, -0.2) is 12.0 Å². The molecule has 24 heavy (non-hydrogen) atoms. The SMILES string of the molecule is CC(C)Oc1ccc([C@@H]2NC(=O)c3c(sc4c3CCCC4)N2)cc1. The van der Waals surface area contributed by atoms with Gasteiger partial charge in [-0.3, -0.25) is 4.79 Å². The first kappa shape index (κ1) is 15.5. The average molecular weight is 342 g/mol. The van der Waals surface area contributed by atoms with Crippen molar-refractivity contribution in [3.63, 3.8) is 0 Å². The predicted octanol–water partition coefficient (Wildman–Crippen LogP) is 4.27. The van der Waals surface area contributed by atoms with E-state index in [0.29, 0.717) is 0 Å². The van der Waals surface area contributed by atoms with Crippen LogP contribution in [0.1, 0.15) is 59.2 Å². The van der Waals surface area contributed by atoms with Crippen LogP contribution in [0.2, 0.25) is 0 Å². The average Bonchev–Trinajstić information content (AvgIpc) is 2.93. The van der Waals surface area contributed by atoms with Gasteiger partial charge in [0.05, 0.1) is 11.7 Å². The molecule has 0 fully saturated rings. The number of thiophene rings is 1. The van der Waals surface area contributed by atoms with Crippen molar-refractivity contribution >= 4 is 22.2 Å². The highest BCUT2D eigenvalue weighted by molar-refractivity contribution is 7.16. The molecule has 0 saturated heterocycles. The van der Waals surface area contributed by atoms with Gasteiger partial charge in [0.2, 0.25) is 0 Å². The Kier molecular flexibility index (Phi) is 3.96. The first-order chi connectivity index (χ1) is 11.6. The summed E-state index contributed by atoms with van der Waals surface area (Å²) in [4.78, 5) is 14.0. The smallest absolute Gasteiger partial charge is 0.256 e. The molecule has 0 radical (unpaired) electrons. The first-order valence-corrected chi connectivity index (χ1v) is 9.42. The zero-order valence-corrected chi connectivity index (χ0v) is 14.8. The molecule has 0 bridgehead atoms. The van der Waals surface area contributed by atoms with E-state index >= 15 is 0 Å². The number of hydrogen-bond donors (Lipinski definition) is 2. The van der Waals surface area contributed by atoms with E-state index in [-0.39, 0.29) is 18.2 Å². The van der Waals surface area contributed by atoms with Gasteiger partial charge in [-0.15, -0.1) is 11.3 Å². The number of hydrogen-bond acceptors (Lipinski definition) is 4. The van der Waals surface area contributed by atoms with Gasteiger partial charge in [0.1, 0.15) is 16.9 Å². The third-order valence-corrected chi connectivity index (χ3v) is 5.76. The lowest BCUT2D eigenvalue weighted by atomic mass is 9.94. The molecule has 2 aliphatic rings. The maximum absolute atomic E-state index is 12.6. The third kappa shape index (κ3) is 2.77. The molecule has 1 aromatic carbocycles. The summed E-state index contributed by atoms with van der Waals surface area (Å²) in [5.41, 5.74) is 3.19. The maximum atomic E-state index is 12.6. The fourth-order valence-corrected chi connectivity index (χ4v) is 4.77. The number of anilines is 1. The standard InChI is InChI=1S/C19H22N2O2S/c1-11(2)23-13-9-7-12(8-10-13)17-20-18(22)16-14-5-3-4-6-15(14)24-19(16)21-17/h7-11,17,21H,3-6H2,1-2H3,(H,20,22)/t17-/m1/s1. The molecule has 4 nitrogen and oxygen atoms in total. The van der Waals surface area contributed by atoms with E-state index in [1.165, 1.54) is 23.3 Å². The Morgan fingerprint density at radius 3 is 2.62 bits per heavy atom. The van der Waals surface area contributed by atoms with E-state index in [9.17, 15) is 4.79 Å². The summed E-state index contributed by atoms with van der Waals surface area (Å²) in [6.45, 7) is 4.02. The van der Waals surface area contributed by atoms with Crippen LogP contribution in [-0.2, 0) is 12.8 Å². The van der Waals surface area contributed by atoms with Gasteiger partial charge < -0.3 is 15.4 Å². The fourth-order valence-electron chi connectivity index (χ4n) is 3.46. The molecule has 1 aromatic heterocycles. The Balaban J connectivity index is 1.58. The Bertz CT molecular complexity index is 764. The molecule has 126 valence electrons. The van der Waals surface area contributed by atoms with Crippen molar-refractivity contribution in [3.8, 4) is 5.75 Å². The van der Waals surface area contributed by atoms with E-state index < -0.39 is 0 Å². The van der Waals surface area contributed by atoms with Gasteiger partial charge in [0, 0.05) is 4.88 Å². The highest BCUT2D eigenvalue weighted by Crippen LogP contribution is 2.41. The monoisotopic (exact) mass is 342 g/mol. The number of carbonyl (C=O) groups is 1. The van der Waals surface area contributed by atoms with Crippen molar-refractivity contribution in [3.05, 3.63) is 45.8 Å². The Labute approximate surface area is 146 Å². The van der Waals surface area contributed by atoms with Crippen molar-refractivity contribution in [1.29, 1.82) is 0 Å². The highest BCUT2D eigenvalue weighted by Gasteiger charge is 2.31. The lowest BCUT2D eigenvalue weighted by molar-refractivity contribution is 0.0935. The summed E-state index contributed by atoms with van der Waals surface area (Å²) in [5, 5.41) is 7.63. The summed E-state index contributed by atoms with van der Waals surface area (Å²) in [5.74, 6) is 0.902. The molecule has 1 aliphatic heterocycles. The molecule has 0 unspecified atom stereocenters. The van der Waals surface area contributed by atoms with Gasteiger partial charge in [-0.1, -0.05) is 12.1 Å². The number of aryl methyl sites for hydroxylation is 1. The minimum absolute atomic E-state index is 0.0515. The van der Waals surface area contributed by atoms with Gasteiger partial charge in [0.25, 0.3) is 5.91 Å². The van der Waals surface area contributed by atoms with Crippen LogP contribution < -0.4 is 15.4 Å². The number of carbonyl (C=O) groups excluding carboxylic acids is 1. The lowest BCUT2D eigenvalue weighted by Gasteiger charge is -2.27. The van der Waals surface area contributed by atoms with Crippen molar-refractivity contribution in [1.82, 2.24) is 5.32 Å². The molecule has 0 spiro atoms. The largest absolute Gasteiger partial charge is 0.491 e. The molecule has 1 aliphatic carbocycles. The maximum Gasteiger partial charge on any atom is 0.256 e. The second kappa shape index (κ2) is 6.13. The van der Waals surface area contributed by atoms with Gasteiger partial charge in [-0.25, -0.2) is 0 Å². The number of amides is 1. The van der Waals surface area contributed by atoms with E-state index in [2.05, 4.69) is 10.6 Å². The van der Waals surface area contributed by atoms with Crippen LogP contribution >= 0.6 is 11.3 Å². The molecule has 1 atom stereocenters. The molecule has 0 saturated carbocycles. The minimum Gasteiger partial charge on any atom is -0.491 e. The van der Waals surface area contributed by atoms with E-state index in [1.54, 1.807) is 11.3 Å². The molecule has 2 N–H and O–H groups in total. The minimum atomic E-state index is -0.182. The van der Waals surface area contributed by atoms with Gasteiger partial charge in [-0.05, 0) is 62.8 Å². The summed E-state index contributed by atoms with van der Waals surface area (Å²) in [6.07, 6.45) is 4.52. The van der Waals surface area contributed by atoms with Crippen molar-refractivity contribution in [2.24, 2.45) is 0 Å². The van der Waals surface area contributed by atoms with Crippen molar-refractivity contribution in [2.45, 2.75) is 51.8 Å². The molecular formula is C19H22N2O2S. The summed E-state index contributed by atoms with van der Waals surface area (Å²) in [6, 6.07) is 7.93. The lowest BCUT2D eigenvalue weighted by Crippen LogP contribution is -2.38. The second-order valence-corrected chi connectivity index (χ2v) is 7.81. The first-order valence-electron chi connectivity index (χ1n) is 8.60. The summed E-state index contributed by atoms with van der Waals surface area (Å²) >= 11 is 1.75. The Morgan fingerprint density at radius 2 is 1.88 bits per heavy atom. The highest BCUT2D eigenvalue weighted by atomic mass is 32.1. The molecular weight excluding hydrogens is 320 g/mol. The molecule has 2 aromatic rings. The van der Waals surface area contributed by atoms with Gasteiger partial charge in [-0.2, -0.15) is 0 Å². The number of nitrogens with one attached hydrogen (secondary N) is 2. The summed E-state index contributed by atoms with van der Waals surface area (Å²) in [7, 11) is 0. The van der Waals surface area contributed by atoms with E-state index in [0.717, 1.165) is 34.7 Å². The number of fused-ring (bicyclic) bond motifs is 3. The van der Waals surface area contributed by atoms with Crippen LogP contribution in [0.4, 0.5) is 5.00 Å². The second-order valence-electron chi connectivity index (χ2n) is 6.70. The number of ether oxygens (including phenoxy) is 1. The third-order valence-electron chi connectivity index (χ3n) is 4.53. The van der Waals surface area contributed by atoms with E-state index in [4.69, 9.17) is 4.74 Å². The fraction of sp³-hybridized carbons (Fsp3) is 0.421. The van der Waals surface area contributed by atoms with Crippen molar-refractivity contribution < 1.29 is 9.53 Å². The van der Waals surface area contributed by atoms with Crippen LogP contribution in [0.15, 0.2) is 24.3 Å². The number of rotatable bonds is 3. The van der Waals surface area contributed by atoms with Gasteiger partial charge in [0.15, 0.2) is 0 Å². The zero-order chi connectivity index (χ0) is 16.7. The van der Waals surface area contributed by atoms with Gasteiger partial charge >= 0.3 is 0 Å². The molecule has 4 rings (SSSR count). The number of benzene rings is 1. The Hall–Kier alpha value is -2.01. The van der Waals surface area contributed by atoms with Crippen LogP contribution in [0.5, 0.6) is 5.75 Å². The predicted molar refractivity (Wildman–Crippen MR) is 97.0 cm³/mol. The molecule has 2 heterocycles. The Morgan fingerprint density at radius 1 is 1.12 bits per heavy atom. The molecule has 5 heteroatoms. The van der Waals surface area contributed by atoms with Crippen molar-refractivity contribution in [2.75, 3.05) is 5.32 Å². The summed E-state index contributed by atoms with van der Waals surface area (Å²) < 4.78 is 5.68.